The number of amides is 1. The van der Waals surface area contributed by atoms with Crippen molar-refractivity contribution in [2.24, 2.45) is 0 Å². The summed E-state index contributed by atoms with van der Waals surface area (Å²) in [7, 11) is 0. The molecule has 1 saturated heterocycles. The maximum absolute atomic E-state index is 12.0. The van der Waals surface area contributed by atoms with Gasteiger partial charge >= 0.3 is 0 Å². The van der Waals surface area contributed by atoms with Gasteiger partial charge in [-0.05, 0) is 66.7 Å². The number of likely N-dealkylation sites (tertiary alicyclic amines) is 1. The first kappa shape index (κ1) is 13.8. The van der Waals surface area contributed by atoms with E-state index >= 15 is 0 Å². The van der Waals surface area contributed by atoms with Crippen LogP contribution in [0.2, 0.25) is 0 Å². The van der Waals surface area contributed by atoms with Crippen molar-refractivity contribution in [2.75, 3.05) is 19.6 Å². The molecule has 1 aromatic carbocycles. The molecule has 1 atom stereocenters. The van der Waals surface area contributed by atoms with Crippen LogP contribution in [-0.2, 0) is 0 Å². The van der Waals surface area contributed by atoms with Gasteiger partial charge in [0.25, 0.3) is 5.91 Å². The van der Waals surface area contributed by atoms with Gasteiger partial charge in [-0.15, -0.1) is 0 Å². The Morgan fingerprint density at radius 1 is 1.56 bits per heavy atom. The Balaban J connectivity index is 1.88. The Labute approximate surface area is 122 Å². The lowest BCUT2D eigenvalue weighted by molar-refractivity contribution is 0.0941. The number of hydrogen-bond acceptors (Lipinski definition) is 2. The fraction of sp³-hybridized carbons (Fsp3) is 0.500. The van der Waals surface area contributed by atoms with Crippen LogP contribution in [0.3, 0.4) is 0 Å². The third-order valence-electron chi connectivity index (χ3n) is 3.49. The van der Waals surface area contributed by atoms with Crippen LogP contribution >= 0.6 is 22.6 Å². The molecule has 0 spiro atoms. The first-order chi connectivity index (χ1) is 8.70. The molecule has 18 heavy (non-hydrogen) atoms. The predicted molar refractivity (Wildman–Crippen MR) is 81.8 cm³/mol. The number of carbonyl (C=O) groups is 1. The summed E-state index contributed by atoms with van der Waals surface area (Å²) in [5.74, 6) is 0.0384. The normalized spacial score (nSPS) is 20.0. The van der Waals surface area contributed by atoms with Gasteiger partial charge in [-0.25, -0.2) is 0 Å². The Morgan fingerprint density at radius 2 is 2.39 bits per heavy atom. The highest BCUT2D eigenvalue weighted by Gasteiger charge is 2.23. The summed E-state index contributed by atoms with van der Waals surface area (Å²) in [6, 6.07) is 8.21. The van der Waals surface area contributed by atoms with Crippen LogP contribution in [0.4, 0.5) is 0 Å². The minimum absolute atomic E-state index is 0.0384. The van der Waals surface area contributed by atoms with Crippen molar-refractivity contribution in [3.05, 3.63) is 33.4 Å². The second-order valence-electron chi connectivity index (χ2n) is 4.65. The molecule has 1 unspecified atom stereocenters. The Hall–Kier alpha value is -0.620. The molecule has 0 radical (unpaired) electrons. The first-order valence-corrected chi connectivity index (χ1v) is 7.56. The van der Waals surface area contributed by atoms with Crippen LogP contribution in [0.15, 0.2) is 24.3 Å². The molecule has 1 amide bonds. The second-order valence-corrected chi connectivity index (χ2v) is 5.89. The highest BCUT2D eigenvalue weighted by atomic mass is 127. The van der Waals surface area contributed by atoms with Crippen LogP contribution in [0.1, 0.15) is 30.1 Å². The fourth-order valence-corrected chi connectivity index (χ4v) is 3.03. The van der Waals surface area contributed by atoms with Crippen molar-refractivity contribution in [3.8, 4) is 0 Å². The van der Waals surface area contributed by atoms with Crippen LogP contribution in [0.25, 0.3) is 0 Å². The summed E-state index contributed by atoms with van der Waals surface area (Å²) in [4.78, 5) is 14.5. The molecule has 1 aliphatic heterocycles. The van der Waals surface area contributed by atoms with Gasteiger partial charge in [-0.3, -0.25) is 9.69 Å². The van der Waals surface area contributed by atoms with Crippen molar-refractivity contribution >= 4 is 28.5 Å². The number of nitrogens with one attached hydrogen (secondary N) is 1. The maximum atomic E-state index is 12.0. The molecule has 4 heteroatoms. The SMILES string of the molecule is CCN1CCCC1CNC(=O)c1cccc(I)c1. The lowest BCUT2D eigenvalue weighted by atomic mass is 10.2. The van der Waals surface area contributed by atoms with Crippen LogP contribution in [0.5, 0.6) is 0 Å². The molecular formula is C14H19IN2O. The molecule has 1 fully saturated rings. The van der Waals surface area contributed by atoms with E-state index in [0.29, 0.717) is 6.04 Å². The lowest BCUT2D eigenvalue weighted by Gasteiger charge is -2.22. The average molecular weight is 358 g/mol. The number of hydrogen-bond donors (Lipinski definition) is 1. The van der Waals surface area contributed by atoms with E-state index in [1.807, 2.05) is 24.3 Å². The zero-order valence-corrected chi connectivity index (χ0v) is 12.8. The van der Waals surface area contributed by atoms with E-state index in [4.69, 9.17) is 0 Å². The van der Waals surface area contributed by atoms with Crippen molar-refractivity contribution in [3.63, 3.8) is 0 Å². The largest absolute Gasteiger partial charge is 0.350 e. The summed E-state index contributed by atoms with van der Waals surface area (Å²) in [6.07, 6.45) is 2.44. The van der Waals surface area contributed by atoms with E-state index in [1.54, 1.807) is 0 Å². The van der Waals surface area contributed by atoms with Gasteiger partial charge in [-0.2, -0.15) is 0 Å². The summed E-state index contributed by atoms with van der Waals surface area (Å²) in [6.45, 7) is 5.18. The quantitative estimate of drug-likeness (QED) is 0.839. The summed E-state index contributed by atoms with van der Waals surface area (Å²) < 4.78 is 1.09. The van der Waals surface area contributed by atoms with E-state index in [9.17, 15) is 4.79 Å². The Kier molecular flexibility index (Phi) is 5.00. The molecule has 2 rings (SSSR count). The number of likely N-dealkylation sites (N-methyl/N-ethyl adjacent to an activating group) is 1. The molecule has 1 aliphatic rings. The highest BCUT2D eigenvalue weighted by molar-refractivity contribution is 14.1. The first-order valence-electron chi connectivity index (χ1n) is 6.48. The summed E-state index contributed by atoms with van der Waals surface area (Å²) >= 11 is 2.23. The molecule has 0 aromatic heterocycles. The van der Waals surface area contributed by atoms with Crippen LogP contribution < -0.4 is 5.32 Å². The fourth-order valence-electron chi connectivity index (χ4n) is 2.48. The maximum Gasteiger partial charge on any atom is 0.251 e. The van der Waals surface area contributed by atoms with Gasteiger partial charge in [0, 0.05) is 21.7 Å². The van der Waals surface area contributed by atoms with E-state index in [1.165, 1.54) is 19.4 Å². The van der Waals surface area contributed by atoms with E-state index < -0.39 is 0 Å². The monoisotopic (exact) mass is 358 g/mol. The molecular weight excluding hydrogens is 339 g/mol. The minimum atomic E-state index is 0.0384. The van der Waals surface area contributed by atoms with Crippen LogP contribution in [0, 0.1) is 3.57 Å². The Morgan fingerprint density at radius 3 is 3.11 bits per heavy atom. The third-order valence-corrected chi connectivity index (χ3v) is 4.16. The minimum Gasteiger partial charge on any atom is -0.350 e. The second kappa shape index (κ2) is 6.52. The molecule has 3 nitrogen and oxygen atoms in total. The van der Waals surface area contributed by atoms with Crippen molar-refractivity contribution in [2.45, 2.75) is 25.8 Å². The highest BCUT2D eigenvalue weighted by Crippen LogP contribution is 2.15. The van der Waals surface area contributed by atoms with Gasteiger partial charge < -0.3 is 5.32 Å². The third kappa shape index (κ3) is 3.45. The molecule has 1 N–H and O–H groups in total. The van der Waals surface area contributed by atoms with Crippen molar-refractivity contribution < 1.29 is 4.79 Å². The van der Waals surface area contributed by atoms with E-state index in [2.05, 4.69) is 39.7 Å². The molecule has 0 bridgehead atoms. The number of rotatable bonds is 4. The van der Waals surface area contributed by atoms with Gasteiger partial charge in [0.2, 0.25) is 0 Å². The molecule has 1 aromatic rings. The topological polar surface area (TPSA) is 32.3 Å². The van der Waals surface area contributed by atoms with E-state index in [0.717, 1.165) is 22.2 Å². The van der Waals surface area contributed by atoms with Crippen LogP contribution in [-0.4, -0.2) is 36.5 Å². The lowest BCUT2D eigenvalue weighted by Crippen LogP contribution is -2.40. The molecule has 98 valence electrons. The van der Waals surface area contributed by atoms with Gasteiger partial charge in [0.05, 0.1) is 0 Å². The zero-order valence-electron chi connectivity index (χ0n) is 10.7. The number of benzene rings is 1. The predicted octanol–water partition coefficient (Wildman–Crippen LogP) is 2.51. The van der Waals surface area contributed by atoms with Gasteiger partial charge in [0.15, 0.2) is 0 Å². The van der Waals surface area contributed by atoms with Crippen molar-refractivity contribution in [1.82, 2.24) is 10.2 Å². The Bertz CT molecular complexity index is 422. The molecule has 0 aliphatic carbocycles. The van der Waals surface area contributed by atoms with Gasteiger partial charge in [-0.1, -0.05) is 13.0 Å². The van der Waals surface area contributed by atoms with Gasteiger partial charge in [0.1, 0.15) is 0 Å². The smallest absolute Gasteiger partial charge is 0.251 e. The summed E-state index contributed by atoms with van der Waals surface area (Å²) in [5, 5.41) is 3.05. The standard InChI is InChI=1S/C14H19IN2O/c1-2-17-8-4-7-13(17)10-16-14(18)11-5-3-6-12(15)9-11/h3,5-6,9,13H,2,4,7-8,10H2,1H3,(H,16,18). The molecule has 1 heterocycles. The summed E-state index contributed by atoms with van der Waals surface area (Å²) in [5.41, 5.74) is 0.753. The number of halogens is 1. The molecule has 0 saturated carbocycles. The van der Waals surface area contributed by atoms with E-state index in [-0.39, 0.29) is 5.91 Å². The number of carbonyl (C=O) groups excluding carboxylic acids is 1. The zero-order chi connectivity index (χ0) is 13.0. The average Bonchev–Trinajstić information content (AvgIpc) is 2.83. The van der Waals surface area contributed by atoms with Crippen molar-refractivity contribution in [1.29, 1.82) is 0 Å². The number of nitrogens with zero attached hydrogens (tertiary/aromatic N) is 1.